The van der Waals surface area contributed by atoms with Crippen molar-refractivity contribution in [2.45, 2.75) is 25.8 Å². The van der Waals surface area contributed by atoms with Crippen molar-refractivity contribution in [1.82, 2.24) is 4.90 Å². The first-order chi connectivity index (χ1) is 8.69. The average molecular weight is 324 g/mol. The number of nitrogens with two attached hydrogens (primary N) is 1. The van der Waals surface area contributed by atoms with Gasteiger partial charge in [0.05, 0.1) is 0 Å². The summed E-state index contributed by atoms with van der Waals surface area (Å²) in [6, 6.07) is 5.75. The molecule has 0 aromatic heterocycles. The molecule has 1 aliphatic rings. The third kappa shape index (κ3) is 5.13. The van der Waals surface area contributed by atoms with Crippen LogP contribution >= 0.6 is 35.6 Å². The van der Waals surface area contributed by atoms with Crippen molar-refractivity contribution in [2.24, 2.45) is 11.7 Å². The predicted molar refractivity (Wildman–Crippen MR) is 85.4 cm³/mol. The number of piperidine rings is 1. The minimum atomic E-state index is 0. The zero-order valence-electron chi connectivity index (χ0n) is 10.9. The van der Waals surface area contributed by atoms with Crippen molar-refractivity contribution in [3.05, 3.63) is 33.8 Å². The number of nitrogens with zero attached hydrogens (tertiary/aromatic N) is 1. The molecule has 2 rings (SSSR count). The Balaban J connectivity index is 0.00000180. The number of benzene rings is 1. The van der Waals surface area contributed by atoms with Gasteiger partial charge in [0.1, 0.15) is 0 Å². The molecule has 0 amide bonds. The molecule has 5 heteroatoms. The zero-order valence-corrected chi connectivity index (χ0v) is 13.3. The lowest BCUT2D eigenvalue weighted by Gasteiger charge is -2.32. The Hall–Kier alpha value is 0.01000. The van der Waals surface area contributed by atoms with E-state index >= 15 is 0 Å². The van der Waals surface area contributed by atoms with Crippen LogP contribution in [0.3, 0.4) is 0 Å². The van der Waals surface area contributed by atoms with E-state index in [1.807, 2.05) is 18.2 Å². The molecule has 0 spiro atoms. The molecule has 1 fully saturated rings. The van der Waals surface area contributed by atoms with Gasteiger partial charge in [0, 0.05) is 23.1 Å². The van der Waals surface area contributed by atoms with Crippen LogP contribution in [0.25, 0.3) is 0 Å². The van der Waals surface area contributed by atoms with Gasteiger partial charge in [0.25, 0.3) is 0 Å². The summed E-state index contributed by atoms with van der Waals surface area (Å²) in [4.78, 5) is 2.47. The molecule has 1 heterocycles. The lowest BCUT2D eigenvalue weighted by molar-refractivity contribution is 0.163. The minimum absolute atomic E-state index is 0. The van der Waals surface area contributed by atoms with E-state index in [4.69, 9.17) is 28.9 Å². The minimum Gasteiger partial charge on any atom is -0.330 e. The maximum absolute atomic E-state index is 6.22. The Morgan fingerprint density at radius 1 is 1.32 bits per heavy atom. The Bertz CT molecular complexity index is 396. The highest BCUT2D eigenvalue weighted by molar-refractivity contribution is 6.35. The second-order valence-electron chi connectivity index (χ2n) is 5.06. The molecular formula is C14H21Cl3N2. The van der Waals surface area contributed by atoms with E-state index in [2.05, 4.69) is 4.90 Å². The van der Waals surface area contributed by atoms with Crippen LogP contribution in [0.15, 0.2) is 18.2 Å². The molecular weight excluding hydrogens is 303 g/mol. The topological polar surface area (TPSA) is 29.3 Å². The first kappa shape index (κ1) is 17.1. The molecule has 2 nitrogen and oxygen atoms in total. The Morgan fingerprint density at radius 3 is 2.79 bits per heavy atom. The number of rotatable bonds is 4. The van der Waals surface area contributed by atoms with Gasteiger partial charge in [-0.25, -0.2) is 0 Å². The molecule has 0 bridgehead atoms. The monoisotopic (exact) mass is 322 g/mol. The summed E-state index contributed by atoms with van der Waals surface area (Å²) in [6.45, 7) is 3.99. The number of hydrogen-bond acceptors (Lipinski definition) is 2. The molecule has 0 radical (unpaired) electrons. The normalized spacial score (nSPS) is 20.1. The molecule has 1 aromatic rings. The lowest BCUT2D eigenvalue weighted by Crippen LogP contribution is -2.35. The van der Waals surface area contributed by atoms with Crippen molar-refractivity contribution in [3.8, 4) is 0 Å². The van der Waals surface area contributed by atoms with Crippen LogP contribution in [-0.2, 0) is 6.54 Å². The van der Waals surface area contributed by atoms with Gasteiger partial charge in [-0.3, -0.25) is 4.90 Å². The average Bonchev–Trinajstić information content (AvgIpc) is 2.34. The van der Waals surface area contributed by atoms with Crippen molar-refractivity contribution < 1.29 is 0 Å². The molecule has 0 aliphatic carbocycles. The van der Waals surface area contributed by atoms with Crippen LogP contribution in [0.2, 0.25) is 10.0 Å². The highest BCUT2D eigenvalue weighted by Gasteiger charge is 2.19. The molecule has 108 valence electrons. The molecule has 1 aromatic carbocycles. The van der Waals surface area contributed by atoms with Crippen LogP contribution in [-0.4, -0.2) is 24.5 Å². The highest BCUT2D eigenvalue weighted by Crippen LogP contribution is 2.25. The van der Waals surface area contributed by atoms with Crippen molar-refractivity contribution >= 4 is 35.6 Å². The van der Waals surface area contributed by atoms with E-state index in [0.717, 1.165) is 49.1 Å². The van der Waals surface area contributed by atoms with E-state index in [1.54, 1.807) is 0 Å². The van der Waals surface area contributed by atoms with Crippen LogP contribution in [0.4, 0.5) is 0 Å². The van der Waals surface area contributed by atoms with Gasteiger partial charge in [0.15, 0.2) is 0 Å². The third-order valence-corrected chi connectivity index (χ3v) is 4.17. The summed E-state index contributed by atoms with van der Waals surface area (Å²) < 4.78 is 0. The van der Waals surface area contributed by atoms with Crippen molar-refractivity contribution in [2.75, 3.05) is 19.6 Å². The Kier molecular flexibility index (Phi) is 7.48. The zero-order chi connectivity index (χ0) is 13.0. The van der Waals surface area contributed by atoms with Crippen LogP contribution < -0.4 is 5.73 Å². The van der Waals surface area contributed by atoms with Gasteiger partial charge in [-0.15, -0.1) is 12.4 Å². The molecule has 0 saturated carbocycles. The van der Waals surface area contributed by atoms with Crippen LogP contribution in [0.5, 0.6) is 0 Å². The number of halogens is 3. The number of likely N-dealkylation sites (tertiary alicyclic amines) is 1. The first-order valence-corrected chi connectivity index (χ1v) is 7.31. The number of hydrogen-bond donors (Lipinski definition) is 1. The van der Waals surface area contributed by atoms with E-state index in [-0.39, 0.29) is 12.4 Å². The molecule has 19 heavy (non-hydrogen) atoms. The lowest BCUT2D eigenvalue weighted by atomic mass is 9.94. The molecule has 1 atom stereocenters. The fourth-order valence-electron chi connectivity index (χ4n) is 2.66. The SMILES string of the molecule is Cl.NCCC1CCCN(Cc2ccc(Cl)cc2Cl)C1. The largest absolute Gasteiger partial charge is 0.330 e. The standard InChI is InChI=1S/C14H20Cl2N2.ClH/c15-13-4-3-12(14(16)8-13)10-18-7-1-2-11(9-18)5-6-17;/h3-4,8,11H,1-2,5-7,9-10,17H2;1H. The summed E-state index contributed by atoms with van der Waals surface area (Å²) in [5, 5.41) is 1.46. The van der Waals surface area contributed by atoms with Gasteiger partial charge in [-0.05, 0) is 56.0 Å². The Labute approximate surface area is 131 Å². The fourth-order valence-corrected chi connectivity index (χ4v) is 3.13. The third-order valence-electron chi connectivity index (χ3n) is 3.59. The van der Waals surface area contributed by atoms with E-state index in [0.29, 0.717) is 5.02 Å². The summed E-state index contributed by atoms with van der Waals surface area (Å²) in [6.07, 6.45) is 3.70. The molecule has 1 unspecified atom stereocenters. The van der Waals surface area contributed by atoms with E-state index in [1.165, 1.54) is 12.8 Å². The van der Waals surface area contributed by atoms with Crippen LogP contribution in [0, 0.1) is 5.92 Å². The summed E-state index contributed by atoms with van der Waals surface area (Å²) in [7, 11) is 0. The first-order valence-electron chi connectivity index (χ1n) is 6.55. The summed E-state index contributed by atoms with van der Waals surface area (Å²) in [5.74, 6) is 0.745. The highest BCUT2D eigenvalue weighted by atomic mass is 35.5. The van der Waals surface area contributed by atoms with Gasteiger partial charge in [-0.1, -0.05) is 29.3 Å². The van der Waals surface area contributed by atoms with Gasteiger partial charge < -0.3 is 5.73 Å². The van der Waals surface area contributed by atoms with Crippen LogP contribution in [0.1, 0.15) is 24.8 Å². The van der Waals surface area contributed by atoms with E-state index in [9.17, 15) is 0 Å². The second kappa shape index (κ2) is 8.33. The molecule has 1 aliphatic heterocycles. The van der Waals surface area contributed by atoms with E-state index < -0.39 is 0 Å². The van der Waals surface area contributed by atoms with Gasteiger partial charge in [-0.2, -0.15) is 0 Å². The smallest absolute Gasteiger partial charge is 0.0465 e. The summed E-state index contributed by atoms with van der Waals surface area (Å²) >= 11 is 12.1. The van der Waals surface area contributed by atoms with Gasteiger partial charge >= 0.3 is 0 Å². The summed E-state index contributed by atoms with van der Waals surface area (Å²) in [5.41, 5.74) is 6.81. The van der Waals surface area contributed by atoms with Crippen molar-refractivity contribution in [1.29, 1.82) is 0 Å². The van der Waals surface area contributed by atoms with Gasteiger partial charge in [0.2, 0.25) is 0 Å². The van der Waals surface area contributed by atoms with Crippen molar-refractivity contribution in [3.63, 3.8) is 0 Å². The fraction of sp³-hybridized carbons (Fsp3) is 0.571. The maximum atomic E-state index is 6.22. The Morgan fingerprint density at radius 2 is 2.11 bits per heavy atom. The quantitative estimate of drug-likeness (QED) is 0.908. The molecule has 2 N–H and O–H groups in total. The maximum Gasteiger partial charge on any atom is 0.0465 e. The predicted octanol–water partition coefficient (Wildman–Crippen LogP) is 3.98. The molecule has 1 saturated heterocycles. The second-order valence-corrected chi connectivity index (χ2v) is 5.90.